The van der Waals surface area contributed by atoms with Gasteiger partial charge >= 0.3 is 0 Å². The summed E-state index contributed by atoms with van der Waals surface area (Å²) in [6, 6.07) is 4.01. The third kappa shape index (κ3) is 2.41. The van der Waals surface area contributed by atoms with Crippen LogP contribution in [0.3, 0.4) is 0 Å². The predicted octanol–water partition coefficient (Wildman–Crippen LogP) is 3.15. The fraction of sp³-hybridized carbons (Fsp3) is 0.0833. The molecule has 0 unspecified atom stereocenters. The molecule has 0 fully saturated rings. The van der Waals surface area contributed by atoms with Gasteiger partial charge in [0.2, 0.25) is 0 Å². The number of nitrogens with zero attached hydrogens (tertiary/aromatic N) is 1. The highest BCUT2D eigenvalue weighted by Crippen LogP contribution is 2.14. The highest BCUT2D eigenvalue weighted by atomic mass is 14.7. The van der Waals surface area contributed by atoms with Crippen molar-refractivity contribution in [1.29, 1.82) is 0 Å². The molecule has 0 saturated carbocycles. The zero-order chi connectivity index (χ0) is 9.68. The first kappa shape index (κ1) is 9.46. The van der Waals surface area contributed by atoms with E-state index in [9.17, 15) is 0 Å². The maximum absolute atomic E-state index is 4.21. The van der Waals surface area contributed by atoms with Gasteiger partial charge in [-0.1, -0.05) is 37.5 Å². The lowest BCUT2D eigenvalue weighted by molar-refractivity contribution is 1.19. The van der Waals surface area contributed by atoms with Crippen molar-refractivity contribution in [2.45, 2.75) is 6.92 Å². The van der Waals surface area contributed by atoms with Gasteiger partial charge in [-0.3, -0.25) is 4.98 Å². The topological polar surface area (TPSA) is 12.9 Å². The predicted molar refractivity (Wildman–Crippen MR) is 57.3 cm³/mol. The summed E-state index contributed by atoms with van der Waals surface area (Å²) in [6.45, 7) is 9.35. The molecule has 1 heterocycles. The van der Waals surface area contributed by atoms with Gasteiger partial charge in [0.15, 0.2) is 0 Å². The largest absolute Gasteiger partial charge is 0.261 e. The summed E-state index contributed by atoms with van der Waals surface area (Å²) in [5, 5.41) is 0. The maximum atomic E-state index is 4.21. The number of rotatable bonds is 3. The van der Waals surface area contributed by atoms with E-state index in [4.69, 9.17) is 0 Å². The number of allylic oxidation sites excluding steroid dienone is 4. The van der Waals surface area contributed by atoms with Crippen molar-refractivity contribution in [3.05, 3.63) is 61.0 Å². The molecule has 1 aromatic heterocycles. The molecule has 1 aromatic rings. The van der Waals surface area contributed by atoms with E-state index in [1.165, 1.54) is 0 Å². The standard InChI is InChI=1S/C12H13N/c1-4-6-11(5-2)12-8-7-10(3)13-9-12/h4-9H,1-2H2,3H3/b11-6+. The van der Waals surface area contributed by atoms with Crippen molar-refractivity contribution in [3.63, 3.8) is 0 Å². The van der Waals surface area contributed by atoms with Gasteiger partial charge in [0, 0.05) is 11.9 Å². The molecule has 1 rings (SSSR count). The Balaban J connectivity index is 3.06. The van der Waals surface area contributed by atoms with Crippen molar-refractivity contribution < 1.29 is 0 Å². The van der Waals surface area contributed by atoms with E-state index < -0.39 is 0 Å². The number of hydrogen-bond donors (Lipinski definition) is 0. The Bertz CT molecular complexity index is 331. The summed E-state index contributed by atoms with van der Waals surface area (Å²) < 4.78 is 0. The van der Waals surface area contributed by atoms with E-state index >= 15 is 0 Å². The molecule has 13 heavy (non-hydrogen) atoms. The lowest BCUT2D eigenvalue weighted by Crippen LogP contribution is -1.84. The molecular formula is C12H13N. The van der Waals surface area contributed by atoms with Gasteiger partial charge in [0.05, 0.1) is 0 Å². The molecule has 0 aliphatic rings. The molecule has 0 saturated heterocycles. The van der Waals surface area contributed by atoms with Crippen LogP contribution in [0.4, 0.5) is 0 Å². The molecule has 0 N–H and O–H groups in total. The molecule has 0 bridgehead atoms. The zero-order valence-electron chi connectivity index (χ0n) is 7.83. The Hall–Kier alpha value is -1.63. The fourth-order valence-corrected chi connectivity index (χ4v) is 1.05. The second-order valence-electron chi connectivity index (χ2n) is 2.75. The quantitative estimate of drug-likeness (QED) is 0.637. The third-order valence-corrected chi connectivity index (χ3v) is 1.76. The number of aryl methyl sites for hydroxylation is 1. The molecule has 1 heteroatoms. The Morgan fingerprint density at radius 2 is 2.15 bits per heavy atom. The lowest BCUT2D eigenvalue weighted by atomic mass is 10.1. The molecule has 0 atom stereocenters. The van der Waals surface area contributed by atoms with E-state index in [1.807, 2.05) is 31.3 Å². The van der Waals surface area contributed by atoms with Crippen molar-refractivity contribution in [3.8, 4) is 0 Å². The second kappa shape index (κ2) is 4.41. The van der Waals surface area contributed by atoms with E-state index in [0.717, 1.165) is 16.8 Å². The number of hydrogen-bond acceptors (Lipinski definition) is 1. The molecule has 0 aliphatic heterocycles. The SMILES string of the molecule is C=C/C=C(\C=C)c1ccc(C)nc1. The van der Waals surface area contributed by atoms with Crippen LogP contribution >= 0.6 is 0 Å². The summed E-state index contributed by atoms with van der Waals surface area (Å²) in [7, 11) is 0. The first-order chi connectivity index (χ1) is 6.27. The van der Waals surface area contributed by atoms with Crippen LogP contribution in [0.1, 0.15) is 11.3 Å². The van der Waals surface area contributed by atoms with Crippen molar-refractivity contribution in [2.75, 3.05) is 0 Å². The minimum atomic E-state index is 1.02. The second-order valence-corrected chi connectivity index (χ2v) is 2.75. The monoisotopic (exact) mass is 171 g/mol. The van der Waals surface area contributed by atoms with Gasteiger partial charge in [-0.05, 0) is 24.1 Å². The lowest BCUT2D eigenvalue weighted by Gasteiger charge is -2.00. The van der Waals surface area contributed by atoms with Crippen molar-refractivity contribution >= 4 is 5.57 Å². The normalized spacial score (nSPS) is 11.0. The van der Waals surface area contributed by atoms with Gasteiger partial charge in [-0.25, -0.2) is 0 Å². The smallest absolute Gasteiger partial charge is 0.0373 e. The highest BCUT2D eigenvalue weighted by Gasteiger charge is 1.95. The van der Waals surface area contributed by atoms with Gasteiger partial charge in [0.25, 0.3) is 0 Å². The Morgan fingerprint density at radius 3 is 2.62 bits per heavy atom. The molecular weight excluding hydrogens is 158 g/mol. The van der Waals surface area contributed by atoms with Crippen LogP contribution in [0.5, 0.6) is 0 Å². The summed E-state index contributed by atoms with van der Waals surface area (Å²) >= 11 is 0. The molecule has 1 nitrogen and oxygen atoms in total. The van der Waals surface area contributed by atoms with E-state index in [1.54, 1.807) is 12.2 Å². The van der Waals surface area contributed by atoms with Crippen LogP contribution in [0.15, 0.2) is 49.7 Å². The van der Waals surface area contributed by atoms with Gasteiger partial charge in [-0.15, -0.1) is 0 Å². The minimum absolute atomic E-state index is 1.02. The molecule has 0 aromatic carbocycles. The van der Waals surface area contributed by atoms with Crippen LogP contribution in [-0.4, -0.2) is 4.98 Å². The average molecular weight is 171 g/mol. The molecule has 0 radical (unpaired) electrons. The molecule has 0 amide bonds. The summed E-state index contributed by atoms with van der Waals surface area (Å²) in [5.41, 5.74) is 3.13. The van der Waals surface area contributed by atoms with Crippen molar-refractivity contribution in [1.82, 2.24) is 4.98 Å². The first-order valence-corrected chi connectivity index (χ1v) is 4.16. The first-order valence-electron chi connectivity index (χ1n) is 4.16. The van der Waals surface area contributed by atoms with E-state index in [0.29, 0.717) is 0 Å². The van der Waals surface area contributed by atoms with Gasteiger partial charge in [0.1, 0.15) is 0 Å². The zero-order valence-corrected chi connectivity index (χ0v) is 7.83. The number of aromatic nitrogens is 1. The molecule has 0 aliphatic carbocycles. The van der Waals surface area contributed by atoms with Gasteiger partial charge < -0.3 is 0 Å². The fourth-order valence-electron chi connectivity index (χ4n) is 1.05. The molecule has 0 spiro atoms. The van der Waals surface area contributed by atoms with Crippen LogP contribution in [-0.2, 0) is 0 Å². The minimum Gasteiger partial charge on any atom is -0.261 e. The maximum Gasteiger partial charge on any atom is 0.0373 e. The summed E-state index contributed by atoms with van der Waals surface area (Å²) in [4.78, 5) is 4.21. The van der Waals surface area contributed by atoms with Gasteiger partial charge in [-0.2, -0.15) is 0 Å². The molecule has 66 valence electrons. The highest BCUT2D eigenvalue weighted by molar-refractivity contribution is 5.74. The summed E-state index contributed by atoms with van der Waals surface area (Å²) in [6.07, 6.45) is 7.30. The third-order valence-electron chi connectivity index (χ3n) is 1.76. The Labute approximate surface area is 79.1 Å². The van der Waals surface area contributed by atoms with Crippen LogP contribution < -0.4 is 0 Å². The van der Waals surface area contributed by atoms with E-state index in [2.05, 4.69) is 18.1 Å². The van der Waals surface area contributed by atoms with Crippen LogP contribution in [0.25, 0.3) is 5.57 Å². The average Bonchev–Trinajstić information content (AvgIpc) is 2.16. The number of pyridine rings is 1. The summed E-state index contributed by atoms with van der Waals surface area (Å²) in [5.74, 6) is 0. The van der Waals surface area contributed by atoms with E-state index in [-0.39, 0.29) is 0 Å². The van der Waals surface area contributed by atoms with Crippen molar-refractivity contribution in [2.24, 2.45) is 0 Å². The Kier molecular flexibility index (Phi) is 3.21. The van der Waals surface area contributed by atoms with Crippen LogP contribution in [0, 0.1) is 6.92 Å². The Morgan fingerprint density at radius 1 is 1.38 bits per heavy atom. The van der Waals surface area contributed by atoms with Crippen LogP contribution in [0.2, 0.25) is 0 Å².